The average molecular weight is 349 g/mol. The van der Waals surface area contributed by atoms with Gasteiger partial charge in [-0.3, -0.25) is 19.7 Å². The maximum atomic E-state index is 12.8. The van der Waals surface area contributed by atoms with Crippen molar-refractivity contribution in [3.8, 4) is 0 Å². The number of hydrogen-bond donors (Lipinski definition) is 1. The number of Topliss-reactive ketones (excluding diaryl/α,β-unsaturated/α-hetero) is 1. The van der Waals surface area contributed by atoms with Gasteiger partial charge in [0.15, 0.2) is 0 Å². The molecular formula is C18H23NO6. The Morgan fingerprint density at radius 3 is 2.40 bits per heavy atom. The topological polar surface area (TPSA) is 107 Å². The summed E-state index contributed by atoms with van der Waals surface area (Å²) in [5.41, 5.74) is -2.86. The molecule has 1 saturated carbocycles. The Kier molecular flexibility index (Phi) is 5.27. The highest BCUT2D eigenvalue weighted by molar-refractivity contribution is 6.04. The molecule has 4 atom stereocenters. The van der Waals surface area contributed by atoms with Crippen LogP contribution in [0.2, 0.25) is 0 Å². The molecule has 1 aromatic rings. The highest BCUT2D eigenvalue weighted by atomic mass is 16.6. The first kappa shape index (κ1) is 19.1. The zero-order valence-electron chi connectivity index (χ0n) is 14.6. The summed E-state index contributed by atoms with van der Waals surface area (Å²) >= 11 is 0. The third-order valence-corrected chi connectivity index (χ3v) is 5.16. The van der Waals surface area contributed by atoms with E-state index in [0.29, 0.717) is 5.56 Å². The third-order valence-electron chi connectivity index (χ3n) is 5.16. The lowest BCUT2D eigenvalue weighted by Gasteiger charge is -2.46. The van der Waals surface area contributed by atoms with Crippen molar-refractivity contribution in [3.05, 3.63) is 46.0 Å². The molecule has 1 N–H and O–H groups in total. The Labute approximate surface area is 146 Å². The standard InChI is InChI=1S/C18H23NO6/c1-4-25-16(21)18(12(2)20)11-10-17(3,22)15(19(23)24)14(18)13-8-6-5-7-9-13/h5-9,14-15,22H,4,10-11H2,1-3H3/t14-,15-,17+,18-/m0/s1. The molecule has 0 aliphatic heterocycles. The predicted molar refractivity (Wildman–Crippen MR) is 89.6 cm³/mol. The van der Waals surface area contributed by atoms with Gasteiger partial charge in [-0.2, -0.15) is 0 Å². The van der Waals surface area contributed by atoms with Crippen LogP contribution in [-0.2, 0) is 14.3 Å². The Balaban J connectivity index is 2.74. The van der Waals surface area contributed by atoms with Gasteiger partial charge in [0.25, 0.3) is 0 Å². The van der Waals surface area contributed by atoms with Crippen molar-refractivity contribution in [1.29, 1.82) is 0 Å². The van der Waals surface area contributed by atoms with Gasteiger partial charge in [0.1, 0.15) is 16.8 Å². The number of rotatable bonds is 5. The Morgan fingerprint density at radius 1 is 1.32 bits per heavy atom. The summed E-state index contributed by atoms with van der Waals surface area (Å²) in [5.74, 6) is -2.36. The predicted octanol–water partition coefficient (Wildman–Crippen LogP) is 2.10. The molecule has 1 aliphatic carbocycles. The van der Waals surface area contributed by atoms with Gasteiger partial charge in [0, 0.05) is 4.92 Å². The van der Waals surface area contributed by atoms with Gasteiger partial charge in [-0.05, 0) is 39.2 Å². The first-order valence-electron chi connectivity index (χ1n) is 8.27. The molecule has 0 amide bonds. The lowest BCUT2D eigenvalue weighted by Crippen LogP contribution is -2.61. The maximum absolute atomic E-state index is 12.8. The molecule has 1 aromatic carbocycles. The zero-order valence-corrected chi connectivity index (χ0v) is 14.6. The monoisotopic (exact) mass is 349 g/mol. The van der Waals surface area contributed by atoms with E-state index in [9.17, 15) is 24.8 Å². The third kappa shape index (κ3) is 3.16. The van der Waals surface area contributed by atoms with Crippen LogP contribution in [0, 0.1) is 15.5 Å². The summed E-state index contributed by atoms with van der Waals surface area (Å²) in [6.45, 7) is 4.32. The second-order valence-corrected chi connectivity index (χ2v) is 6.72. The zero-order chi connectivity index (χ0) is 18.8. The summed E-state index contributed by atoms with van der Waals surface area (Å²) in [7, 11) is 0. The summed E-state index contributed by atoms with van der Waals surface area (Å²) in [6, 6.07) is 6.89. The van der Waals surface area contributed by atoms with Crippen molar-refractivity contribution in [2.45, 2.75) is 51.2 Å². The second-order valence-electron chi connectivity index (χ2n) is 6.72. The largest absolute Gasteiger partial charge is 0.465 e. The first-order valence-corrected chi connectivity index (χ1v) is 8.27. The molecule has 0 saturated heterocycles. The number of carbonyl (C=O) groups is 2. The van der Waals surface area contributed by atoms with E-state index in [-0.39, 0.29) is 19.4 Å². The van der Waals surface area contributed by atoms with Gasteiger partial charge in [0.05, 0.1) is 12.5 Å². The minimum absolute atomic E-state index is 0.00192. The van der Waals surface area contributed by atoms with E-state index < -0.39 is 39.7 Å². The molecule has 0 radical (unpaired) electrons. The van der Waals surface area contributed by atoms with E-state index in [1.54, 1.807) is 37.3 Å². The van der Waals surface area contributed by atoms with Crippen LogP contribution in [0.15, 0.2) is 30.3 Å². The molecule has 7 nitrogen and oxygen atoms in total. The van der Waals surface area contributed by atoms with Gasteiger partial charge in [0.2, 0.25) is 6.04 Å². The summed E-state index contributed by atoms with van der Waals surface area (Å²) < 4.78 is 5.13. The minimum Gasteiger partial charge on any atom is -0.465 e. The van der Waals surface area contributed by atoms with E-state index in [4.69, 9.17) is 4.74 Å². The molecular weight excluding hydrogens is 326 g/mol. The molecule has 1 aliphatic rings. The van der Waals surface area contributed by atoms with Gasteiger partial charge in [-0.15, -0.1) is 0 Å². The van der Waals surface area contributed by atoms with E-state index in [0.717, 1.165) is 0 Å². The summed E-state index contributed by atoms with van der Waals surface area (Å²) in [6.07, 6.45) is -0.0432. The van der Waals surface area contributed by atoms with Crippen LogP contribution in [0.3, 0.4) is 0 Å². The number of nitro groups is 1. The number of carbonyl (C=O) groups excluding carboxylic acids is 2. The first-order chi connectivity index (χ1) is 11.7. The molecule has 0 aromatic heterocycles. The molecule has 7 heteroatoms. The number of esters is 1. The Hall–Kier alpha value is -2.28. The minimum atomic E-state index is -1.68. The lowest BCUT2D eigenvalue weighted by atomic mass is 9.56. The fourth-order valence-electron chi connectivity index (χ4n) is 3.89. The van der Waals surface area contributed by atoms with Crippen LogP contribution >= 0.6 is 0 Å². The van der Waals surface area contributed by atoms with Gasteiger partial charge >= 0.3 is 5.97 Å². The highest BCUT2D eigenvalue weighted by Crippen LogP contribution is 2.53. The van der Waals surface area contributed by atoms with Crippen LogP contribution in [-0.4, -0.2) is 40.0 Å². The molecule has 0 bridgehead atoms. The molecule has 1 fully saturated rings. The van der Waals surface area contributed by atoms with E-state index >= 15 is 0 Å². The van der Waals surface area contributed by atoms with Crippen molar-refractivity contribution in [3.63, 3.8) is 0 Å². The average Bonchev–Trinajstić information content (AvgIpc) is 2.54. The van der Waals surface area contributed by atoms with Gasteiger partial charge in [-0.1, -0.05) is 30.3 Å². The van der Waals surface area contributed by atoms with Crippen molar-refractivity contribution in [1.82, 2.24) is 0 Å². The molecule has 25 heavy (non-hydrogen) atoms. The Morgan fingerprint density at radius 2 is 1.92 bits per heavy atom. The lowest BCUT2D eigenvalue weighted by molar-refractivity contribution is -0.555. The number of hydrogen-bond acceptors (Lipinski definition) is 6. The fraction of sp³-hybridized carbons (Fsp3) is 0.556. The molecule has 0 heterocycles. The number of nitrogens with zero attached hydrogens (tertiary/aromatic N) is 1. The fourth-order valence-corrected chi connectivity index (χ4v) is 3.89. The van der Waals surface area contributed by atoms with E-state index in [1.165, 1.54) is 13.8 Å². The smallest absolute Gasteiger partial charge is 0.320 e. The number of ketones is 1. The normalized spacial score (nSPS) is 32.0. The molecule has 0 unspecified atom stereocenters. The van der Waals surface area contributed by atoms with Crippen molar-refractivity contribution in [2.24, 2.45) is 5.41 Å². The van der Waals surface area contributed by atoms with Crippen molar-refractivity contribution >= 4 is 11.8 Å². The van der Waals surface area contributed by atoms with Gasteiger partial charge < -0.3 is 9.84 Å². The van der Waals surface area contributed by atoms with Gasteiger partial charge in [-0.25, -0.2) is 0 Å². The van der Waals surface area contributed by atoms with Crippen LogP contribution in [0.5, 0.6) is 0 Å². The molecule has 136 valence electrons. The summed E-state index contributed by atoms with van der Waals surface area (Å²) in [5, 5.41) is 22.5. The highest BCUT2D eigenvalue weighted by Gasteiger charge is 2.66. The van der Waals surface area contributed by atoms with Crippen LogP contribution in [0.1, 0.15) is 45.1 Å². The van der Waals surface area contributed by atoms with Crippen molar-refractivity contribution < 1.29 is 24.4 Å². The number of benzene rings is 1. The number of aliphatic hydroxyl groups is 1. The van der Waals surface area contributed by atoms with Crippen LogP contribution in [0.4, 0.5) is 0 Å². The van der Waals surface area contributed by atoms with E-state index in [2.05, 4.69) is 0 Å². The summed E-state index contributed by atoms with van der Waals surface area (Å²) in [4.78, 5) is 36.6. The van der Waals surface area contributed by atoms with E-state index in [1.807, 2.05) is 0 Å². The number of ether oxygens (including phenoxy) is 1. The molecule has 2 rings (SSSR count). The van der Waals surface area contributed by atoms with Crippen molar-refractivity contribution in [2.75, 3.05) is 6.61 Å². The van der Waals surface area contributed by atoms with Crippen LogP contribution in [0.25, 0.3) is 0 Å². The Bertz CT molecular complexity index is 671. The molecule has 0 spiro atoms. The quantitative estimate of drug-likeness (QED) is 0.377. The van der Waals surface area contributed by atoms with Crippen LogP contribution < -0.4 is 0 Å². The SMILES string of the molecule is CCOC(=O)[C@]1(C(C)=O)CC[C@@](C)(O)[C@@H]([N+](=O)[O-])[C@@H]1c1ccccc1. The second kappa shape index (κ2) is 6.92. The maximum Gasteiger partial charge on any atom is 0.320 e.